The molecule has 0 aromatic carbocycles. The number of nitrogens with two attached hydrogens (primary N) is 1. The van der Waals surface area contributed by atoms with Gasteiger partial charge in [-0.15, -0.1) is 0 Å². The number of fused-ring (bicyclic) bond motifs is 1. The van der Waals surface area contributed by atoms with Gasteiger partial charge in [0.05, 0.1) is 0 Å². The first-order chi connectivity index (χ1) is 8.30. The van der Waals surface area contributed by atoms with Crippen LogP contribution >= 0.6 is 0 Å². The van der Waals surface area contributed by atoms with E-state index in [2.05, 4.69) is 25.8 Å². The van der Waals surface area contributed by atoms with Gasteiger partial charge in [-0.05, 0) is 41.7 Å². The van der Waals surface area contributed by atoms with Gasteiger partial charge < -0.3 is 10.8 Å². The normalized spacial score (nSPS) is 19.4. The number of pyridine rings is 1. The minimum Gasteiger partial charge on any atom is -0.478 e. The maximum atomic E-state index is 11.3. The summed E-state index contributed by atoms with van der Waals surface area (Å²) in [6.45, 7) is 6.68. The number of hydrogen-bond acceptors (Lipinski definition) is 3. The molecule has 1 aromatic heterocycles. The molecule has 0 bridgehead atoms. The van der Waals surface area contributed by atoms with Gasteiger partial charge in [0, 0.05) is 6.20 Å². The highest BCUT2D eigenvalue weighted by Crippen LogP contribution is 2.38. The van der Waals surface area contributed by atoms with Crippen molar-refractivity contribution in [1.82, 2.24) is 4.98 Å². The number of carboxylic acids is 1. The average molecular weight is 248 g/mol. The lowest BCUT2D eigenvalue weighted by Gasteiger charge is -2.35. The highest BCUT2D eigenvalue weighted by molar-refractivity contribution is 5.94. The van der Waals surface area contributed by atoms with Crippen LogP contribution in [-0.4, -0.2) is 16.1 Å². The summed E-state index contributed by atoms with van der Waals surface area (Å²) in [6, 6.07) is 0. The van der Waals surface area contributed by atoms with Gasteiger partial charge in [-0.2, -0.15) is 0 Å². The van der Waals surface area contributed by atoms with Crippen molar-refractivity contribution in [2.24, 2.45) is 11.3 Å². The lowest BCUT2D eigenvalue weighted by atomic mass is 9.70. The second-order valence-electron chi connectivity index (χ2n) is 6.13. The van der Waals surface area contributed by atoms with E-state index in [9.17, 15) is 9.90 Å². The number of aromatic carboxylic acids is 1. The quantitative estimate of drug-likeness (QED) is 0.800. The Morgan fingerprint density at radius 3 is 2.72 bits per heavy atom. The van der Waals surface area contributed by atoms with E-state index < -0.39 is 5.97 Å². The van der Waals surface area contributed by atoms with Crippen molar-refractivity contribution in [2.45, 2.75) is 40.0 Å². The minimum absolute atomic E-state index is 0.135. The summed E-state index contributed by atoms with van der Waals surface area (Å²) < 4.78 is 0. The van der Waals surface area contributed by atoms with Crippen molar-refractivity contribution in [2.75, 3.05) is 5.73 Å². The number of hydrogen-bond donors (Lipinski definition) is 2. The van der Waals surface area contributed by atoms with E-state index in [4.69, 9.17) is 5.73 Å². The van der Waals surface area contributed by atoms with Crippen molar-refractivity contribution < 1.29 is 9.90 Å². The molecule has 1 aliphatic carbocycles. The molecule has 1 unspecified atom stereocenters. The van der Waals surface area contributed by atoms with E-state index >= 15 is 0 Å². The summed E-state index contributed by atoms with van der Waals surface area (Å²) in [7, 11) is 0. The number of carboxylic acid groups (broad SMARTS) is 1. The van der Waals surface area contributed by atoms with Gasteiger partial charge in [0.1, 0.15) is 11.4 Å². The van der Waals surface area contributed by atoms with E-state index in [0.29, 0.717) is 5.92 Å². The molecule has 0 amide bonds. The van der Waals surface area contributed by atoms with E-state index in [1.54, 1.807) is 6.20 Å². The second-order valence-corrected chi connectivity index (χ2v) is 6.13. The molecule has 0 aliphatic heterocycles. The molecule has 1 aromatic rings. The molecule has 18 heavy (non-hydrogen) atoms. The van der Waals surface area contributed by atoms with Gasteiger partial charge >= 0.3 is 5.97 Å². The molecule has 0 fully saturated rings. The monoisotopic (exact) mass is 248 g/mol. The zero-order valence-corrected chi connectivity index (χ0v) is 11.2. The molecule has 0 spiro atoms. The molecule has 0 saturated heterocycles. The fourth-order valence-corrected chi connectivity index (χ4v) is 2.73. The molecule has 0 saturated carbocycles. The molecule has 1 atom stereocenters. The fourth-order valence-electron chi connectivity index (χ4n) is 2.73. The predicted octanol–water partition coefficient (Wildman–Crippen LogP) is 2.51. The maximum absolute atomic E-state index is 11.3. The van der Waals surface area contributed by atoms with Crippen LogP contribution < -0.4 is 5.73 Å². The second kappa shape index (κ2) is 4.26. The molecule has 3 N–H and O–H groups in total. The molecule has 4 nitrogen and oxygen atoms in total. The van der Waals surface area contributed by atoms with Gasteiger partial charge in [0.15, 0.2) is 0 Å². The zero-order chi connectivity index (χ0) is 13.5. The van der Waals surface area contributed by atoms with Crippen LogP contribution in [0.4, 0.5) is 5.82 Å². The van der Waals surface area contributed by atoms with Crippen molar-refractivity contribution in [3.05, 3.63) is 22.9 Å². The predicted molar refractivity (Wildman–Crippen MR) is 70.6 cm³/mol. The van der Waals surface area contributed by atoms with Crippen LogP contribution in [0.15, 0.2) is 6.20 Å². The molecule has 0 radical (unpaired) electrons. The van der Waals surface area contributed by atoms with E-state index in [1.165, 1.54) is 0 Å². The summed E-state index contributed by atoms with van der Waals surface area (Å²) in [6.07, 6.45) is 4.44. The highest BCUT2D eigenvalue weighted by Gasteiger charge is 2.31. The number of aromatic nitrogens is 1. The third-order valence-corrected chi connectivity index (χ3v) is 3.95. The Labute approximate surface area is 107 Å². The van der Waals surface area contributed by atoms with E-state index in [1.807, 2.05) is 0 Å². The molecule has 4 heteroatoms. The van der Waals surface area contributed by atoms with Crippen LogP contribution in [0, 0.1) is 11.3 Å². The molecule has 98 valence electrons. The Kier molecular flexibility index (Phi) is 3.05. The first-order valence-corrected chi connectivity index (χ1v) is 6.30. The Hall–Kier alpha value is -1.58. The van der Waals surface area contributed by atoms with E-state index in [-0.39, 0.29) is 16.8 Å². The fraction of sp³-hybridized carbons (Fsp3) is 0.571. The number of nitrogens with zero attached hydrogens (tertiary/aromatic N) is 1. The molecule has 1 aliphatic rings. The van der Waals surface area contributed by atoms with Gasteiger partial charge in [-0.25, -0.2) is 9.78 Å². The topological polar surface area (TPSA) is 76.2 Å². The SMILES string of the molecule is CC(C)(C)C1CCc2c(cnc(N)c2C(=O)O)C1. The average Bonchev–Trinajstić information content (AvgIpc) is 2.26. The standard InChI is InChI=1S/C14H20N2O2/c1-14(2,3)9-4-5-10-8(6-9)7-16-12(15)11(10)13(17)18/h7,9H,4-6H2,1-3H3,(H2,15,16)(H,17,18). The Morgan fingerprint density at radius 1 is 1.50 bits per heavy atom. The minimum atomic E-state index is -0.967. The number of rotatable bonds is 1. The lowest BCUT2D eigenvalue weighted by Crippen LogP contribution is -2.28. The van der Waals surface area contributed by atoms with Gasteiger partial charge in [0.25, 0.3) is 0 Å². The van der Waals surface area contributed by atoms with Crippen LogP contribution in [0.5, 0.6) is 0 Å². The summed E-state index contributed by atoms with van der Waals surface area (Å²) in [5.41, 5.74) is 8.05. The van der Waals surface area contributed by atoms with Crippen molar-refractivity contribution in [3.63, 3.8) is 0 Å². The van der Waals surface area contributed by atoms with Crippen LogP contribution in [0.1, 0.15) is 48.7 Å². The summed E-state index contributed by atoms with van der Waals surface area (Å²) in [4.78, 5) is 15.3. The van der Waals surface area contributed by atoms with Crippen LogP contribution in [-0.2, 0) is 12.8 Å². The summed E-state index contributed by atoms with van der Waals surface area (Å²) >= 11 is 0. The summed E-state index contributed by atoms with van der Waals surface area (Å²) in [5.74, 6) is -0.265. The van der Waals surface area contributed by atoms with Crippen molar-refractivity contribution >= 4 is 11.8 Å². The first-order valence-electron chi connectivity index (χ1n) is 6.30. The first kappa shape index (κ1) is 12.9. The van der Waals surface area contributed by atoms with Gasteiger partial charge in [-0.1, -0.05) is 20.8 Å². The number of carbonyl (C=O) groups is 1. The number of anilines is 1. The van der Waals surface area contributed by atoms with E-state index in [0.717, 1.165) is 30.4 Å². The Morgan fingerprint density at radius 2 is 2.17 bits per heavy atom. The lowest BCUT2D eigenvalue weighted by molar-refractivity contribution is 0.0695. The van der Waals surface area contributed by atoms with Gasteiger partial charge in [-0.3, -0.25) is 0 Å². The Balaban J connectivity index is 2.42. The zero-order valence-electron chi connectivity index (χ0n) is 11.2. The van der Waals surface area contributed by atoms with Crippen LogP contribution in [0.25, 0.3) is 0 Å². The largest absolute Gasteiger partial charge is 0.478 e. The third-order valence-electron chi connectivity index (χ3n) is 3.95. The summed E-state index contributed by atoms with van der Waals surface area (Å²) in [5, 5.41) is 9.23. The number of nitrogen functional groups attached to an aromatic ring is 1. The smallest absolute Gasteiger partial charge is 0.339 e. The third kappa shape index (κ3) is 2.19. The molecule has 2 rings (SSSR count). The Bertz CT molecular complexity index is 489. The van der Waals surface area contributed by atoms with Crippen LogP contribution in [0.3, 0.4) is 0 Å². The maximum Gasteiger partial charge on any atom is 0.339 e. The van der Waals surface area contributed by atoms with Gasteiger partial charge in [0.2, 0.25) is 0 Å². The molecular formula is C14H20N2O2. The van der Waals surface area contributed by atoms with Crippen molar-refractivity contribution in [3.8, 4) is 0 Å². The molecule has 1 heterocycles. The van der Waals surface area contributed by atoms with Crippen LogP contribution in [0.2, 0.25) is 0 Å². The molecular weight excluding hydrogens is 228 g/mol. The highest BCUT2D eigenvalue weighted by atomic mass is 16.4. The van der Waals surface area contributed by atoms with Crippen molar-refractivity contribution in [1.29, 1.82) is 0 Å².